The number of aliphatic hydroxyl groups is 3. The zero-order valence-electron chi connectivity index (χ0n) is 36.6. The lowest BCUT2D eigenvalue weighted by atomic mass is 9.96. The summed E-state index contributed by atoms with van der Waals surface area (Å²) in [5.41, 5.74) is 5.39. The van der Waals surface area contributed by atoms with E-state index in [0.717, 1.165) is 57.8 Å². The number of aliphatic hydroxyl groups excluding tert-OH is 3. The highest BCUT2D eigenvalue weighted by atomic mass is 16.6. The molecule has 0 aromatic heterocycles. The van der Waals surface area contributed by atoms with Crippen LogP contribution in [0.4, 0.5) is 0 Å². The third-order valence-electron chi connectivity index (χ3n) is 11.4. The monoisotopic (exact) mass is 809 g/mol. The van der Waals surface area contributed by atoms with Crippen molar-refractivity contribution in [2.24, 2.45) is 5.73 Å². The van der Waals surface area contributed by atoms with Crippen LogP contribution in [0.3, 0.4) is 0 Å². The molecule has 1 saturated heterocycles. The summed E-state index contributed by atoms with van der Waals surface area (Å²) < 4.78 is 6.17. The lowest BCUT2D eigenvalue weighted by molar-refractivity contribution is -0.280. The van der Waals surface area contributed by atoms with E-state index in [0.29, 0.717) is 12.8 Å². The quantitative estimate of drug-likeness (QED) is 0.0205. The van der Waals surface area contributed by atoms with Crippen molar-refractivity contribution in [2.45, 2.75) is 237 Å². The third-order valence-corrected chi connectivity index (χ3v) is 11.4. The molecule has 11 heteroatoms. The molecule has 11 nitrogen and oxygen atoms in total. The van der Waals surface area contributed by atoms with Crippen LogP contribution in [0.2, 0.25) is 0 Å². The van der Waals surface area contributed by atoms with Crippen molar-refractivity contribution < 1.29 is 34.4 Å². The highest BCUT2D eigenvalue weighted by Gasteiger charge is 2.52. The molecule has 0 spiro atoms. The second-order valence-corrected chi connectivity index (χ2v) is 16.6. The zero-order chi connectivity index (χ0) is 41.8. The maximum atomic E-state index is 14.0. The Kier molecular flexibility index (Phi) is 33.3. The van der Waals surface area contributed by atoms with E-state index in [4.69, 9.17) is 10.5 Å². The Bertz CT molecular complexity index is 1030. The zero-order valence-corrected chi connectivity index (χ0v) is 36.6. The number of carbonyl (C=O) groups is 3. The highest BCUT2D eigenvalue weighted by Crippen LogP contribution is 2.32. The van der Waals surface area contributed by atoms with Crippen LogP contribution < -0.4 is 16.4 Å². The first-order chi connectivity index (χ1) is 27.7. The van der Waals surface area contributed by atoms with Gasteiger partial charge in [-0.2, -0.15) is 0 Å². The van der Waals surface area contributed by atoms with Gasteiger partial charge in [0.05, 0.1) is 25.8 Å². The maximum absolute atomic E-state index is 14.0. The minimum absolute atomic E-state index is 0.222. The van der Waals surface area contributed by atoms with E-state index in [-0.39, 0.29) is 31.8 Å². The topological polar surface area (TPSA) is 174 Å². The van der Waals surface area contributed by atoms with E-state index in [1.165, 1.54) is 120 Å². The van der Waals surface area contributed by atoms with Gasteiger partial charge in [0.1, 0.15) is 12.2 Å². The average molecular weight is 809 g/mol. The fraction of sp³-hybridized carbons (Fsp3) is 0.891. The first-order valence-corrected chi connectivity index (χ1v) is 23.6. The smallest absolute Gasteiger partial charge is 0.243 e. The number of hydrogen-bond donors (Lipinski definition) is 6. The van der Waals surface area contributed by atoms with Gasteiger partial charge in [-0.15, -0.1) is 0 Å². The van der Waals surface area contributed by atoms with E-state index in [1.54, 1.807) is 0 Å². The molecule has 57 heavy (non-hydrogen) atoms. The predicted molar refractivity (Wildman–Crippen MR) is 232 cm³/mol. The van der Waals surface area contributed by atoms with Crippen LogP contribution in [0.1, 0.15) is 213 Å². The number of nitrogens with one attached hydrogen (secondary N) is 2. The Balaban J connectivity index is 2.70. The Morgan fingerprint density at radius 1 is 0.667 bits per heavy atom. The highest BCUT2D eigenvalue weighted by molar-refractivity contribution is 5.86. The lowest BCUT2D eigenvalue weighted by Gasteiger charge is -2.50. The van der Waals surface area contributed by atoms with Gasteiger partial charge in [-0.1, -0.05) is 174 Å². The fourth-order valence-electron chi connectivity index (χ4n) is 7.81. The number of unbranched alkanes of at least 4 members (excludes halogenated alkanes) is 26. The molecule has 0 saturated carbocycles. The molecule has 334 valence electrons. The van der Waals surface area contributed by atoms with Gasteiger partial charge in [0.25, 0.3) is 0 Å². The van der Waals surface area contributed by atoms with Crippen LogP contribution in [0.15, 0.2) is 12.2 Å². The number of rotatable bonds is 38. The summed E-state index contributed by atoms with van der Waals surface area (Å²) >= 11 is 0. The van der Waals surface area contributed by atoms with Crippen LogP contribution in [0.5, 0.6) is 0 Å². The van der Waals surface area contributed by atoms with Crippen LogP contribution in [-0.2, 0) is 19.1 Å². The normalized spacial score (nSPS) is 19.6. The van der Waals surface area contributed by atoms with E-state index in [1.807, 2.05) is 0 Å². The Hall–Kier alpha value is -2.05. The van der Waals surface area contributed by atoms with Crippen molar-refractivity contribution >= 4 is 17.7 Å². The van der Waals surface area contributed by atoms with Crippen molar-refractivity contribution in [3.05, 3.63) is 12.2 Å². The summed E-state index contributed by atoms with van der Waals surface area (Å²) in [6, 6.07) is 0. The summed E-state index contributed by atoms with van der Waals surface area (Å²) in [6.45, 7) is 3.48. The van der Waals surface area contributed by atoms with Crippen molar-refractivity contribution in [1.82, 2.24) is 15.5 Å². The summed E-state index contributed by atoms with van der Waals surface area (Å²) in [7, 11) is 0. The molecule has 1 fully saturated rings. The summed E-state index contributed by atoms with van der Waals surface area (Å²) in [6.07, 6.45) is 35.1. The Morgan fingerprint density at radius 2 is 1.11 bits per heavy atom. The van der Waals surface area contributed by atoms with Crippen LogP contribution in [0.25, 0.3) is 0 Å². The van der Waals surface area contributed by atoms with E-state index in [9.17, 15) is 29.7 Å². The van der Waals surface area contributed by atoms with Crippen molar-refractivity contribution in [3.8, 4) is 0 Å². The SMILES string of the molecule is CCCCCCCCC=CCCCCCCCC(=O)N(CCCCCCCCCCCCCCCCCC)[C@@]1(NC(=O)CNC(=O)CN)C[C@@H](O)[C@H](O)[C@@H](CO)O1. The number of nitrogens with two attached hydrogens (primary N) is 1. The van der Waals surface area contributed by atoms with E-state index in [2.05, 4.69) is 36.6 Å². The second kappa shape index (κ2) is 35.9. The minimum Gasteiger partial charge on any atom is -0.394 e. The largest absolute Gasteiger partial charge is 0.394 e. The molecule has 0 bridgehead atoms. The van der Waals surface area contributed by atoms with Crippen molar-refractivity contribution in [3.63, 3.8) is 0 Å². The summed E-state index contributed by atoms with van der Waals surface area (Å²) in [5, 5.41) is 36.8. The van der Waals surface area contributed by atoms with Crippen LogP contribution in [-0.4, -0.2) is 88.3 Å². The van der Waals surface area contributed by atoms with Crippen molar-refractivity contribution in [2.75, 3.05) is 26.2 Å². The molecular weight excluding hydrogens is 721 g/mol. The maximum Gasteiger partial charge on any atom is 0.243 e. The van der Waals surface area contributed by atoms with Gasteiger partial charge in [0.15, 0.2) is 0 Å². The number of ether oxygens (including phenoxy) is 1. The first kappa shape index (κ1) is 53.0. The molecule has 1 heterocycles. The number of amides is 3. The lowest BCUT2D eigenvalue weighted by Crippen LogP contribution is -2.72. The Labute approximate surface area is 348 Å². The number of carbonyl (C=O) groups excluding carboxylic acids is 3. The molecule has 7 N–H and O–H groups in total. The van der Waals surface area contributed by atoms with Gasteiger partial charge in [0.2, 0.25) is 23.6 Å². The molecule has 1 aliphatic heterocycles. The second-order valence-electron chi connectivity index (χ2n) is 16.6. The fourth-order valence-corrected chi connectivity index (χ4v) is 7.81. The van der Waals surface area contributed by atoms with Gasteiger partial charge in [-0.25, -0.2) is 0 Å². The molecular formula is C46H88N4O7. The average Bonchev–Trinajstić information content (AvgIpc) is 3.20. The molecule has 3 amide bonds. The molecule has 0 unspecified atom stereocenters. The first-order valence-electron chi connectivity index (χ1n) is 23.6. The van der Waals surface area contributed by atoms with Gasteiger partial charge in [-0.3, -0.25) is 19.3 Å². The number of nitrogens with zero attached hydrogens (tertiary/aromatic N) is 1. The number of hydrogen-bond acceptors (Lipinski definition) is 8. The Morgan fingerprint density at radius 3 is 1.56 bits per heavy atom. The van der Waals surface area contributed by atoms with E-state index >= 15 is 0 Å². The van der Waals surface area contributed by atoms with E-state index < -0.39 is 49.1 Å². The molecule has 1 rings (SSSR count). The molecule has 4 atom stereocenters. The molecule has 0 aromatic carbocycles. The number of allylic oxidation sites excluding steroid dienone is 2. The summed E-state index contributed by atoms with van der Waals surface area (Å²) in [5.74, 6) is -3.17. The minimum atomic E-state index is -1.80. The molecule has 0 aromatic rings. The van der Waals surface area contributed by atoms with Gasteiger partial charge in [-0.05, 0) is 38.5 Å². The van der Waals surface area contributed by atoms with Crippen LogP contribution >= 0.6 is 0 Å². The van der Waals surface area contributed by atoms with Crippen molar-refractivity contribution in [1.29, 1.82) is 0 Å². The molecule has 0 radical (unpaired) electrons. The third kappa shape index (κ3) is 25.9. The standard InChI is InChI=1S/C46H88N4O7/c1-3-5-7-9-11-13-15-17-19-21-23-25-27-29-31-33-35-50(44(55)34-32-30-28-26-24-22-20-18-16-14-12-10-8-6-4-2)46(49-43(54)38-48-42(53)37-47)36-40(52)45(56)41(39-51)57-46/h18,20,40-41,45,51-52,56H,3-17,19,21-39,47H2,1-2H3,(H,48,53)(H,49,54)/t40-,41-,45+,46+/m1/s1. The molecule has 1 aliphatic rings. The van der Waals surface area contributed by atoms with Gasteiger partial charge < -0.3 is 36.4 Å². The molecule has 0 aliphatic carbocycles. The van der Waals surface area contributed by atoms with Gasteiger partial charge in [0, 0.05) is 19.4 Å². The van der Waals surface area contributed by atoms with Crippen LogP contribution in [0, 0.1) is 0 Å². The summed E-state index contributed by atoms with van der Waals surface area (Å²) in [4.78, 5) is 40.5. The van der Waals surface area contributed by atoms with Gasteiger partial charge >= 0.3 is 0 Å². The predicted octanol–water partition coefficient (Wildman–Crippen LogP) is 8.46.